The zero-order chi connectivity index (χ0) is 17.1. The molecule has 0 bridgehead atoms. The van der Waals surface area contributed by atoms with Crippen LogP contribution in [0.15, 0.2) is 42.9 Å². The number of pyridine rings is 2. The van der Waals surface area contributed by atoms with E-state index < -0.39 is 0 Å². The number of ether oxygens (including phenoxy) is 2. The Morgan fingerprint density at radius 1 is 1.04 bits per heavy atom. The van der Waals surface area contributed by atoms with Gasteiger partial charge >= 0.3 is 0 Å². The quantitative estimate of drug-likeness (QED) is 0.705. The number of hydrogen-bond donors (Lipinski definition) is 1. The van der Waals surface area contributed by atoms with Gasteiger partial charge in [-0.15, -0.1) is 0 Å². The Morgan fingerprint density at radius 2 is 1.76 bits per heavy atom. The van der Waals surface area contributed by atoms with Gasteiger partial charge in [-0.1, -0.05) is 13.3 Å². The largest absolute Gasteiger partial charge is 0.486 e. The molecule has 0 spiro atoms. The van der Waals surface area contributed by atoms with Gasteiger partial charge in [-0.25, -0.2) is 4.98 Å². The predicted octanol–water partition coefficient (Wildman–Crippen LogP) is 4.28. The molecule has 0 radical (unpaired) electrons. The molecule has 5 nitrogen and oxygen atoms in total. The van der Waals surface area contributed by atoms with Crippen molar-refractivity contribution >= 4 is 16.6 Å². The van der Waals surface area contributed by atoms with E-state index in [1.165, 1.54) is 0 Å². The second kappa shape index (κ2) is 6.97. The molecule has 3 heterocycles. The summed E-state index contributed by atoms with van der Waals surface area (Å²) in [5.41, 5.74) is 2.15. The van der Waals surface area contributed by atoms with Crippen molar-refractivity contribution in [3.8, 4) is 22.6 Å². The number of aromatic nitrogens is 2. The number of benzene rings is 1. The van der Waals surface area contributed by atoms with Crippen LogP contribution in [0.5, 0.6) is 11.5 Å². The van der Waals surface area contributed by atoms with Gasteiger partial charge in [-0.05, 0) is 41.6 Å². The molecular formula is C20H21N3O2. The number of fused-ring (bicyclic) bond motifs is 2. The zero-order valence-corrected chi connectivity index (χ0v) is 14.3. The third-order valence-electron chi connectivity index (χ3n) is 4.36. The first-order valence-electron chi connectivity index (χ1n) is 8.73. The number of anilines is 1. The molecule has 0 saturated heterocycles. The van der Waals surface area contributed by atoms with E-state index in [0.29, 0.717) is 13.2 Å². The maximum atomic E-state index is 5.78. The van der Waals surface area contributed by atoms with Crippen LogP contribution in [0, 0.1) is 0 Å². The molecule has 0 fully saturated rings. The molecule has 25 heavy (non-hydrogen) atoms. The average molecular weight is 335 g/mol. The second-order valence-electron chi connectivity index (χ2n) is 6.08. The molecular weight excluding hydrogens is 314 g/mol. The molecule has 128 valence electrons. The fourth-order valence-corrected chi connectivity index (χ4v) is 3.06. The van der Waals surface area contributed by atoms with Crippen molar-refractivity contribution in [2.75, 3.05) is 25.1 Å². The van der Waals surface area contributed by atoms with Crippen LogP contribution in [-0.2, 0) is 0 Å². The Bertz CT molecular complexity index is 881. The van der Waals surface area contributed by atoms with Crippen molar-refractivity contribution in [1.82, 2.24) is 9.97 Å². The Balaban J connectivity index is 1.87. The summed E-state index contributed by atoms with van der Waals surface area (Å²) in [5, 5.41) is 5.61. The van der Waals surface area contributed by atoms with Gasteiger partial charge in [-0.3, -0.25) is 4.98 Å². The van der Waals surface area contributed by atoms with Crippen molar-refractivity contribution in [3.63, 3.8) is 0 Å². The summed E-state index contributed by atoms with van der Waals surface area (Å²) in [5.74, 6) is 2.46. The van der Waals surface area contributed by atoms with Crippen molar-refractivity contribution in [1.29, 1.82) is 0 Å². The fraction of sp³-hybridized carbons (Fsp3) is 0.300. The molecule has 1 aromatic carbocycles. The Labute approximate surface area is 147 Å². The minimum absolute atomic E-state index is 0.578. The summed E-state index contributed by atoms with van der Waals surface area (Å²) in [6.45, 7) is 4.24. The molecule has 3 aromatic rings. The summed E-state index contributed by atoms with van der Waals surface area (Å²) in [4.78, 5) is 8.79. The first kappa shape index (κ1) is 15.7. The topological polar surface area (TPSA) is 56.3 Å². The molecule has 1 aliphatic heterocycles. The highest BCUT2D eigenvalue weighted by molar-refractivity contribution is 6.03. The summed E-state index contributed by atoms with van der Waals surface area (Å²) in [6.07, 6.45) is 7.77. The lowest BCUT2D eigenvalue weighted by Gasteiger charge is -2.20. The normalized spacial score (nSPS) is 13.0. The number of nitrogens with zero attached hydrogens (tertiary/aromatic N) is 2. The molecule has 1 aliphatic rings. The second-order valence-corrected chi connectivity index (χ2v) is 6.08. The SMILES string of the molecule is CCCCNc1ncc(-c2ccncc2)c2cc3c(cc12)OCCO3. The Morgan fingerprint density at radius 3 is 2.48 bits per heavy atom. The third kappa shape index (κ3) is 3.09. The monoisotopic (exact) mass is 335 g/mol. The van der Waals surface area contributed by atoms with Crippen LogP contribution in [-0.4, -0.2) is 29.7 Å². The van der Waals surface area contributed by atoms with E-state index in [-0.39, 0.29) is 0 Å². The van der Waals surface area contributed by atoms with Crippen LogP contribution in [0.2, 0.25) is 0 Å². The number of hydrogen-bond acceptors (Lipinski definition) is 5. The maximum Gasteiger partial charge on any atom is 0.162 e. The van der Waals surface area contributed by atoms with Crippen LogP contribution < -0.4 is 14.8 Å². The van der Waals surface area contributed by atoms with Crippen LogP contribution in [0.25, 0.3) is 21.9 Å². The van der Waals surface area contributed by atoms with Gasteiger partial charge < -0.3 is 14.8 Å². The van der Waals surface area contributed by atoms with Crippen molar-refractivity contribution in [2.45, 2.75) is 19.8 Å². The maximum absolute atomic E-state index is 5.78. The van der Waals surface area contributed by atoms with Crippen LogP contribution in [0.3, 0.4) is 0 Å². The number of nitrogens with one attached hydrogen (secondary N) is 1. The molecule has 0 atom stereocenters. The standard InChI is InChI=1S/C20H21N3O2/c1-2-3-6-22-20-16-12-19-18(24-9-10-25-19)11-15(16)17(13-23-20)14-4-7-21-8-5-14/h4-5,7-8,11-13H,2-3,6,9-10H2,1H3,(H,22,23). The van der Waals surface area contributed by atoms with Gasteiger partial charge in [0.1, 0.15) is 19.0 Å². The van der Waals surface area contributed by atoms with Crippen LogP contribution >= 0.6 is 0 Å². The van der Waals surface area contributed by atoms with Gasteiger partial charge in [0, 0.05) is 36.1 Å². The lowest BCUT2D eigenvalue weighted by molar-refractivity contribution is 0.172. The van der Waals surface area contributed by atoms with Crippen molar-refractivity contribution < 1.29 is 9.47 Å². The minimum Gasteiger partial charge on any atom is -0.486 e. The molecule has 0 aliphatic carbocycles. The van der Waals surface area contributed by atoms with Gasteiger partial charge in [0.25, 0.3) is 0 Å². The van der Waals surface area contributed by atoms with Crippen LogP contribution in [0.1, 0.15) is 19.8 Å². The molecule has 0 amide bonds. The van der Waals surface area contributed by atoms with Crippen LogP contribution in [0.4, 0.5) is 5.82 Å². The van der Waals surface area contributed by atoms with E-state index in [1.54, 1.807) is 12.4 Å². The van der Waals surface area contributed by atoms with E-state index in [4.69, 9.17) is 9.47 Å². The fourth-order valence-electron chi connectivity index (χ4n) is 3.06. The number of unbranched alkanes of at least 4 members (excludes halogenated alkanes) is 1. The summed E-state index contributed by atoms with van der Waals surface area (Å²) in [6, 6.07) is 8.09. The van der Waals surface area contributed by atoms with Crippen molar-refractivity contribution in [2.24, 2.45) is 0 Å². The molecule has 2 aromatic heterocycles. The summed E-state index contributed by atoms with van der Waals surface area (Å²) < 4.78 is 11.5. The smallest absolute Gasteiger partial charge is 0.162 e. The molecule has 1 N–H and O–H groups in total. The van der Waals surface area contributed by atoms with E-state index in [9.17, 15) is 0 Å². The van der Waals surface area contributed by atoms with E-state index in [2.05, 4.69) is 28.3 Å². The molecule has 4 rings (SSSR count). The highest BCUT2D eigenvalue weighted by Gasteiger charge is 2.17. The first-order chi connectivity index (χ1) is 12.4. The van der Waals surface area contributed by atoms with Gasteiger partial charge in [0.2, 0.25) is 0 Å². The van der Waals surface area contributed by atoms with Gasteiger partial charge in [-0.2, -0.15) is 0 Å². The molecule has 5 heteroatoms. The van der Waals surface area contributed by atoms with Gasteiger partial charge in [0.05, 0.1) is 0 Å². The highest BCUT2D eigenvalue weighted by atomic mass is 16.6. The lowest BCUT2D eigenvalue weighted by atomic mass is 10.0. The van der Waals surface area contributed by atoms with Crippen molar-refractivity contribution in [3.05, 3.63) is 42.9 Å². The third-order valence-corrected chi connectivity index (χ3v) is 4.36. The van der Waals surface area contributed by atoms with E-state index in [0.717, 1.165) is 58.6 Å². The summed E-state index contributed by atoms with van der Waals surface area (Å²) in [7, 11) is 0. The Hall–Kier alpha value is -2.82. The zero-order valence-electron chi connectivity index (χ0n) is 14.3. The lowest BCUT2D eigenvalue weighted by Crippen LogP contribution is -2.15. The summed E-state index contributed by atoms with van der Waals surface area (Å²) >= 11 is 0. The van der Waals surface area contributed by atoms with E-state index >= 15 is 0 Å². The average Bonchev–Trinajstić information content (AvgIpc) is 2.67. The first-order valence-corrected chi connectivity index (χ1v) is 8.73. The molecule has 0 saturated carbocycles. The van der Waals surface area contributed by atoms with E-state index in [1.807, 2.05) is 24.4 Å². The molecule has 0 unspecified atom stereocenters. The van der Waals surface area contributed by atoms with Gasteiger partial charge in [0.15, 0.2) is 11.5 Å². The predicted molar refractivity (Wildman–Crippen MR) is 99.4 cm³/mol. The Kier molecular flexibility index (Phi) is 4.37. The highest BCUT2D eigenvalue weighted by Crippen LogP contribution is 2.40. The number of rotatable bonds is 5. The minimum atomic E-state index is 0.578.